The second-order valence-electron chi connectivity index (χ2n) is 8.61. The topological polar surface area (TPSA) is 38.2 Å². The fraction of sp³-hybridized carbons (Fsp3) is 0.385. The highest BCUT2D eigenvalue weighted by Gasteiger charge is 2.31. The van der Waals surface area contributed by atoms with Crippen molar-refractivity contribution in [3.05, 3.63) is 53.1 Å². The van der Waals surface area contributed by atoms with Gasteiger partial charge in [-0.25, -0.2) is 0 Å². The van der Waals surface area contributed by atoms with Gasteiger partial charge in [-0.3, -0.25) is 4.90 Å². The van der Waals surface area contributed by atoms with Crippen molar-refractivity contribution in [3.8, 4) is 39.2 Å². The molecule has 158 valence electrons. The summed E-state index contributed by atoms with van der Waals surface area (Å²) in [5.41, 5.74) is 5.90. The summed E-state index contributed by atoms with van der Waals surface area (Å²) in [7, 11) is 0. The Hall–Kier alpha value is -2.68. The van der Waals surface area contributed by atoms with E-state index in [1.807, 2.05) is 32.0 Å². The Kier molecular flexibility index (Phi) is 5.52. The van der Waals surface area contributed by atoms with Gasteiger partial charge in [0.05, 0.1) is 11.7 Å². The van der Waals surface area contributed by atoms with E-state index in [9.17, 15) is 0 Å². The Labute approximate surface area is 188 Å². The van der Waals surface area contributed by atoms with Crippen LogP contribution in [-0.2, 0) is 6.42 Å². The Morgan fingerprint density at radius 2 is 1.94 bits per heavy atom. The smallest absolute Gasteiger partial charge is 0.148 e. The SMILES string of the molecule is C#Cc1cc(-c2nnc(-c3cccc4c3CCC4N3CCCC3)s2)ccc1OC(C)C. The number of terminal acetylenes is 1. The Morgan fingerprint density at radius 1 is 1.13 bits per heavy atom. The van der Waals surface area contributed by atoms with E-state index in [4.69, 9.17) is 11.2 Å². The molecule has 3 aromatic rings. The Balaban J connectivity index is 1.45. The van der Waals surface area contributed by atoms with Gasteiger partial charge in [-0.05, 0) is 81.9 Å². The highest BCUT2D eigenvalue weighted by Crippen LogP contribution is 2.43. The molecule has 0 radical (unpaired) electrons. The molecule has 2 aromatic carbocycles. The fourth-order valence-electron chi connectivity index (χ4n) is 4.85. The van der Waals surface area contributed by atoms with Crippen molar-refractivity contribution in [2.75, 3.05) is 13.1 Å². The van der Waals surface area contributed by atoms with Gasteiger partial charge in [0.15, 0.2) is 0 Å². The third-order valence-electron chi connectivity index (χ3n) is 6.22. The number of likely N-dealkylation sites (tertiary alicyclic amines) is 1. The molecule has 0 spiro atoms. The summed E-state index contributed by atoms with van der Waals surface area (Å²) in [4.78, 5) is 2.66. The van der Waals surface area contributed by atoms with Gasteiger partial charge >= 0.3 is 0 Å². The van der Waals surface area contributed by atoms with Gasteiger partial charge in [0.2, 0.25) is 0 Å². The van der Waals surface area contributed by atoms with E-state index in [0.717, 1.165) is 33.3 Å². The first-order valence-electron chi connectivity index (χ1n) is 11.1. The predicted octanol–water partition coefficient (Wildman–Crippen LogP) is 5.72. The second-order valence-corrected chi connectivity index (χ2v) is 9.58. The van der Waals surface area contributed by atoms with Crippen molar-refractivity contribution in [1.82, 2.24) is 15.1 Å². The second kappa shape index (κ2) is 8.45. The number of ether oxygens (including phenoxy) is 1. The molecule has 5 heteroatoms. The van der Waals surface area contributed by atoms with E-state index in [1.165, 1.54) is 49.0 Å². The zero-order valence-corrected chi connectivity index (χ0v) is 18.9. The normalized spacial score (nSPS) is 18.3. The highest BCUT2D eigenvalue weighted by atomic mass is 32.1. The lowest BCUT2D eigenvalue weighted by atomic mass is 10.0. The molecule has 1 atom stereocenters. The minimum atomic E-state index is 0.0793. The quantitative estimate of drug-likeness (QED) is 0.486. The Bertz CT molecular complexity index is 1140. The maximum Gasteiger partial charge on any atom is 0.148 e. The van der Waals surface area contributed by atoms with E-state index in [-0.39, 0.29) is 6.10 Å². The molecule has 1 fully saturated rings. The average Bonchev–Trinajstić information content (AvgIpc) is 3.53. The van der Waals surface area contributed by atoms with Crippen LogP contribution in [0.1, 0.15) is 55.8 Å². The van der Waals surface area contributed by atoms with E-state index < -0.39 is 0 Å². The van der Waals surface area contributed by atoms with Crippen molar-refractivity contribution in [3.63, 3.8) is 0 Å². The standard InChI is InChI=1S/C26H27N3OS/c1-4-18-16-19(10-13-24(18)30-17(2)3)25-27-28-26(31-25)22-9-7-8-21-20(22)11-12-23(21)29-14-5-6-15-29/h1,7-10,13,16-17,23H,5-6,11-12,14-15H2,2-3H3. The molecule has 1 saturated heterocycles. The molecule has 1 aromatic heterocycles. The first-order chi connectivity index (χ1) is 15.1. The number of hydrogen-bond donors (Lipinski definition) is 0. The zero-order valence-electron chi connectivity index (χ0n) is 18.1. The molecule has 0 saturated carbocycles. The van der Waals surface area contributed by atoms with Gasteiger partial charge in [-0.15, -0.1) is 16.6 Å². The van der Waals surface area contributed by atoms with Crippen LogP contribution >= 0.6 is 11.3 Å². The molecule has 4 nitrogen and oxygen atoms in total. The third kappa shape index (κ3) is 3.86. The molecule has 2 heterocycles. The van der Waals surface area contributed by atoms with E-state index in [2.05, 4.69) is 39.2 Å². The average molecular weight is 430 g/mol. The monoisotopic (exact) mass is 429 g/mol. The van der Waals surface area contributed by atoms with Crippen molar-refractivity contribution >= 4 is 11.3 Å². The van der Waals surface area contributed by atoms with Gasteiger partial charge in [-0.2, -0.15) is 0 Å². The first kappa shape index (κ1) is 20.2. The van der Waals surface area contributed by atoms with E-state index in [0.29, 0.717) is 6.04 Å². The molecule has 1 aliphatic carbocycles. The van der Waals surface area contributed by atoms with E-state index >= 15 is 0 Å². The number of fused-ring (bicyclic) bond motifs is 1. The first-order valence-corrected chi connectivity index (χ1v) is 11.9. The van der Waals surface area contributed by atoms with Crippen LogP contribution in [0.2, 0.25) is 0 Å². The molecule has 5 rings (SSSR count). The van der Waals surface area contributed by atoms with Crippen LogP contribution in [0.4, 0.5) is 0 Å². The lowest BCUT2D eigenvalue weighted by molar-refractivity contribution is 0.242. The summed E-state index contributed by atoms with van der Waals surface area (Å²) in [5, 5.41) is 10.9. The minimum absolute atomic E-state index is 0.0793. The van der Waals surface area contributed by atoms with Crippen LogP contribution in [0.15, 0.2) is 36.4 Å². The molecule has 1 unspecified atom stereocenters. The van der Waals surface area contributed by atoms with Crippen molar-refractivity contribution in [2.45, 2.75) is 51.7 Å². The van der Waals surface area contributed by atoms with Gasteiger partial charge in [-0.1, -0.05) is 35.5 Å². The van der Waals surface area contributed by atoms with Gasteiger partial charge in [0.1, 0.15) is 15.8 Å². The summed E-state index contributed by atoms with van der Waals surface area (Å²) < 4.78 is 5.83. The Morgan fingerprint density at radius 3 is 2.71 bits per heavy atom. The van der Waals surface area contributed by atoms with Crippen molar-refractivity contribution < 1.29 is 4.74 Å². The minimum Gasteiger partial charge on any atom is -0.490 e. The highest BCUT2D eigenvalue weighted by molar-refractivity contribution is 7.17. The number of aromatic nitrogens is 2. The molecule has 1 aliphatic heterocycles. The van der Waals surface area contributed by atoms with Crippen LogP contribution < -0.4 is 4.74 Å². The zero-order chi connectivity index (χ0) is 21.4. The molecular formula is C26H27N3OS. The molecule has 0 bridgehead atoms. The largest absolute Gasteiger partial charge is 0.490 e. The van der Waals surface area contributed by atoms with Gasteiger partial charge < -0.3 is 4.74 Å². The van der Waals surface area contributed by atoms with Crippen molar-refractivity contribution in [1.29, 1.82) is 0 Å². The lowest BCUT2D eigenvalue weighted by Crippen LogP contribution is -2.23. The molecule has 0 N–H and O–H groups in total. The summed E-state index contributed by atoms with van der Waals surface area (Å²) in [6.45, 7) is 6.45. The number of rotatable bonds is 5. The van der Waals surface area contributed by atoms with Crippen LogP contribution in [0.25, 0.3) is 21.1 Å². The summed E-state index contributed by atoms with van der Waals surface area (Å²) in [6, 6.07) is 13.2. The lowest BCUT2D eigenvalue weighted by Gasteiger charge is -2.24. The number of benzene rings is 2. The van der Waals surface area contributed by atoms with Crippen LogP contribution in [0, 0.1) is 12.3 Å². The maximum atomic E-state index is 5.83. The van der Waals surface area contributed by atoms with Gasteiger partial charge in [0, 0.05) is 17.2 Å². The summed E-state index contributed by atoms with van der Waals surface area (Å²) in [5.74, 6) is 3.48. The van der Waals surface area contributed by atoms with Crippen LogP contribution in [0.5, 0.6) is 5.75 Å². The maximum absolute atomic E-state index is 5.83. The number of nitrogens with zero attached hydrogens (tertiary/aromatic N) is 3. The number of hydrogen-bond acceptors (Lipinski definition) is 5. The van der Waals surface area contributed by atoms with Crippen LogP contribution in [0.3, 0.4) is 0 Å². The molecular weight excluding hydrogens is 402 g/mol. The van der Waals surface area contributed by atoms with Crippen LogP contribution in [-0.4, -0.2) is 34.3 Å². The molecule has 0 amide bonds. The van der Waals surface area contributed by atoms with E-state index in [1.54, 1.807) is 11.3 Å². The molecule has 31 heavy (non-hydrogen) atoms. The summed E-state index contributed by atoms with van der Waals surface area (Å²) >= 11 is 1.63. The fourth-order valence-corrected chi connectivity index (χ4v) is 5.74. The summed E-state index contributed by atoms with van der Waals surface area (Å²) in [6.07, 6.45) is 10.8. The predicted molar refractivity (Wildman–Crippen MR) is 126 cm³/mol. The molecule has 2 aliphatic rings. The third-order valence-corrected chi connectivity index (χ3v) is 7.23. The van der Waals surface area contributed by atoms with Crippen molar-refractivity contribution in [2.24, 2.45) is 0 Å². The van der Waals surface area contributed by atoms with Gasteiger partial charge in [0.25, 0.3) is 0 Å².